The Morgan fingerprint density at radius 3 is 2.62 bits per heavy atom. The number of carbonyl (C=O) groups is 2. The monoisotopic (exact) mass is 354 g/mol. The minimum atomic E-state index is -1.06. The van der Waals surface area contributed by atoms with Crippen molar-refractivity contribution in [3.8, 4) is 0 Å². The minimum absolute atomic E-state index is 0.00108. The summed E-state index contributed by atoms with van der Waals surface area (Å²) >= 11 is 1.39. The molecule has 1 heterocycles. The zero-order chi connectivity index (χ0) is 17.6. The third kappa shape index (κ3) is 5.04. The van der Waals surface area contributed by atoms with Gasteiger partial charge in [-0.1, -0.05) is 31.0 Å². The van der Waals surface area contributed by atoms with Gasteiger partial charge in [0.2, 0.25) is 11.7 Å². The van der Waals surface area contributed by atoms with Gasteiger partial charge < -0.3 is 15.1 Å². The molecule has 0 bridgehead atoms. The molecule has 0 unspecified atom stereocenters. The Morgan fingerprint density at radius 2 is 1.96 bits per heavy atom. The smallest absolute Gasteiger partial charge is 0.287 e. The third-order valence-corrected chi connectivity index (χ3v) is 4.98. The molecule has 2 N–H and O–H groups in total. The number of Topliss-reactive ketones (excluding diaryl/α,β-unsaturated/α-hetero) is 1. The fourth-order valence-electron chi connectivity index (χ4n) is 2.70. The maximum atomic E-state index is 12.6. The van der Waals surface area contributed by atoms with Crippen molar-refractivity contribution in [3.05, 3.63) is 5.89 Å². The first-order chi connectivity index (χ1) is 11.4. The quantitative estimate of drug-likeness (QED) is 0.419. The van der Waals surface area contributed by atoms with Crippen molar-refractivity contribution in [1.82, 2.24) is 20.8 Å². The summed E-state index contributed by atoms with van der Waals surface area (Å²) in [5.41, 5.74) is -1.06. The third-order valence-electron chi connectivity index (χ3n) is 4.16. The van der Waals surface area contributed by atoms with Gasteiger partial charge in [-0.15, -0.1) is 10.2 Å². The summed E-state index contributed by atoms with van der Waals surface area (Å²) in [6.07, 6.45) is 5.11. The van der Waals surface area contributed by atoms with Crippen molar-refractivity contribution < 1.29 is 14.0 Å². The zero-order valence-electron chi connectivity index (χ0n) is 14.6. The van der Waals surface area contributed by atoms with E-state index in [-0.39, 0.29) is 23.5 Å². The van der Waals surface area contributed by atoms with E-state index >= 15 is 0 Å². The largest absolute Gasteiger partial charge is 0.408 e. The van der Waals surface area contributed by atoms with E-state index in [0.717, 1.165) is 38.0 Å². The molecular formula is C16H26N4O3S. The number of thioether (sulfide) groups is 1. The Balaban J connectivity index is 1.95. The lowest BCUT2D eigenvalue weighted by atomic mass is 9.87. The summed E-state index contributed by atoms with van der Waals surface area (Å²) in [7, 11) is 1.86. The van der Waals surface area contributed by atoms with Crippen LogP contribution in [0, 0.1) is 5.92 Å². The van der Waals surface area contributed by atoms with Crippen LogP contribution >= 0.6 is 11.8 Å². The molecule has 0 spiro atoms. The van der Waals surface area contributed by atoms with Gasteiger partial charge >= 0.3 is 0 Å². The standard InChI is InChI=1S/C16H26N4O3S/c1-16(2,18-13(22)11-7-5-4-6-8-11)12(21)14-19-20-15(23-14)24-10-9-17-3/h11,17H,4-10H2,1-3H3,(H,18,22). The van der Waals surface area contributed by atoms with E-state index < -0.39 is 5.54 Å². The summed E-state index contributed by atoms with van der Waals surface area (Å²) in [6.45, 7) is 4.15. The SMILES string of the molecule is CNCCSc1nnc(C(=O)C(C)(C)NC(=O)C2CCCCC2)o1. The summed E-state index contributed by atoms with van der Waals surface area (Å²) in [5, 5.41) is 13.9. The number of hydrogen-bond donors (Lipinski definition) is 2. The molecule has 1 aliphatic carbocycles. The molecule has 0 aromatic carbocycles. The second-order valence-electron chi connectivity index (χ2n) is 6.60. The fraction of sp³-hybridized carbons (Fsp3) is 0.750. The normalized spacial score (nSPS) is 16.1. The Bertz CT molecular complexity index is 567. The summed E-state index contributed by atoms with van der Waals surface area (Å²) < 4.78 is 5.42. The molecule has 0 aliphatic heterocycles. The Hall–Kier alpha value is -1.41. The summed E-state index contributed by atoms with van der Waals surface area (Å²) in [6, 6.07) is 0. The maximum Gasteiger partial charge on any atom is 0.287 e. The molecule has 1 amide bonds. The van der Waals surface area contributed by atoms with Crippen molar-refractivity contribution in [3.63, 3.8) is 0 Å². The van der Waals surface area contributed by atoms with E-state index in [1.54, 1.807) is 13.8 Å². The number of carbonyl (C=O) groups excluding carboxylic acids is 2. The van der Waals surface area contributed by atoms with Crippen LogP contribution in [0.15, 0.2) is 9.64 Å². The van der Waals surface area contributed by atoms with Gasteiger partial charge in [0.1, 0.15) is 5.54 Å². The lowest BCUT2D eigenvalue weighted by Crippen LogP contribution is -2.52. The predicted octanol–water partition coefficient (Wildman–Crippen LogP) is 2.04. The van der Waals surface area contributed by atoms with Crippen LogP contribution in [0.5, 0.6) is 0 Å². The van der Waals surface area contributed by atoms with Gasteiger partial charge in [-0.3, -0.25) is 9.59 Å². The number of ketones is 1. The highest BCUT2D eigenvalue weighted by atomic mass is 32.2. The lowest BCUT2D eigenvalue weighted by molar-refractivity contribution is -0.127. The molecule has 0 radical (unpaired) electrons. The molecule has 2 rings (SSSR count). The van der Waals surface area contributed by atoms with Gasteiger partial charge in [-0.05, 0) is 33.7 Å². The molecule has 134 valence electrons. The first-order valence-corrected chi connectivity index (χ1v) is 9.40. The van der Waals surface area contributed by atoms with Crippen LogP contribution in [0.3, 0.4) is 0 Å². The summed E-state index contributed by atoms with van der Waals surface area (Å²) in [4.78, 5) is 25.0. The van der Waals surface area contributed by atoms with Gasteiger partial charge in [0.05, 0.1) is 0 Å². The molecule has 1 aliphatic rings. The number of hydrogen-bond acceptors (Lipinski definition) is 7. The molecule has 8 heteroatoms. The first-order valence-electron chi connectivity index (χ1n) is 8.42. The number of amides is 1. The molecule has 1 aromatic heterocycles. The molecule has 1 fully saturated rings. The first kappa shape index (κ1) is 18.9. The highest BCUT2D eigenvalue weighted by molar-refractivity contribution is 7.99. The van der Waals surface area contributed by atoms with Crippen LogP contribution in [0.25, 0.3) is 0 Å². The maximum absolute atomic E-state index is 12.6. The van der Waals surface area contributed by atoms with Gasteiger partial charge in [0.15, 0.2) is 0 Å². The average molecular weight is 354 g/mol. The van der Waals surface area contributed by atoms with Crippen molar-refractivity contribution in [2.75, 3.05) is 19.3 Å². The van der Waals surface area contributed by atoms with E-state index in [1.165, 1.54) is 18.2 Å². The minimum Gasteiger partial charge on any atom is -0.408 e. The molecule has 0 saturated heterocycles. The number of nitrogens with one attached hydrogen (secondary N) is 2. The number of rotatable bonds is 8. The second kappa shape index (κ2) is 8.62. The Kier molecular flexibility index (Phi) is 6.79. The van der Waals surface area contributed by atoms with E-state index in [9.17, 15) is 9.59 Å². The average Bonchev–Trinajstić information content (AvgIpc) is 3.03. The molecule has 1 saturated carbocycles. The lowest BCUT2D eigenvalue weighted by Gasteiger charge is -2.27. The van der Waals surface area contributed by atoms with E-state index in [2.05, 4.69) is 20.8 Å². The molecule has 0 atom stereocenters. The summed E-state index contributed by atoms with van der Waals surface area (Å²) in [5.74, 6) is 0.293. The Labute approximate surface area is 146 Å². The molecule has 7 nitrogen and oxygen atoms in total. The van der Waals surface area contributed by atoms with Crippen LogP contribution in [-0.4, -0.2) is 46.8 Å². The van der Waals surface area contributed by atoms with Gasteiger partial charge in [0.25, 0.3) is 11.1 Å². The number of nitrogens with zero attached hydrogens (tertiary/aromatic N) is 2. The second-order valence-corrected chi connectivity index (χ2v) is 7.65. The van der Waals surface area contributed by atoms with Gasteiger partial charge in [-0.25, -0.2) is 0 Å². The molecule has 1 aromatic rings. The van der Waals surface area contributed by atoms with Crippen molar-refractivity contribution in [2.45, 2.75) is 56.7 Å². The number of aromatic nitrogens is 2. The van der Waals surface area contributed by atoms with Crippen LogP contribution in [0.4, 0.5) is 0 Å². The van der Waals surface area contributed by atoms with Crippen molar-refractivity contribution in [1.29, 1.82) is 0 Å². The van der Waals surface area contributed by atoms with E-state index in [1.807, 2.05) is 7.05 Å². The van der Waals surface area contributed by atoms with Crippen LogP contribution in [0.1, 0.15) is 56.6 Å². The van der Waals surface area contributed by atoms with E-state index in [0.29, 0.717) is 5.22 Å². The van der Waals surface area contributed by atoms with Gasteiger partial charge in [-0.2, -0.15) is 0 Å². The van der Waals surface area contributed by atoms with E-state index in [4.69, 9.17) is 4.42 Å². The van der Waals surface area contributed by atoms with Crippen molar-refractivity contribution in [2.24, 2.45) is 5.92 Å². The highest BCUT2D eigenvalue weighted by Gasteiger charge is 2.36. The predicted molar refractivity (Wildman–Crippen MR) is 92.1 cm³/mol. The topological polar surface area (TPSA) is 97.1 Å². The Morgan fingerprint density at radius 1 is 1.25 bits per heavy atom. The van der Waals surface area contributed by atoms with Gasteiger partial charge in [0, 0.05) is 18.2 Å². The van der Waals surface area contributed by atoms with Crippen molar-refractivity contribution >= 4 is 23.5 Å². The highest BCUT2D eigenvalue weighted by Crippen LogP contribution is 2.25. The van der Waals surface area contributed by atoms with Crippen LogP contribution in [-0.2, 0) is 4.79 Å². The molecule has 24 heavy (non-hydrogen) atoms. The van der Waals surface area contributed by atoms with Crippen LogP contribution < -0.4 is 10.6 Å². The molecular weight excluding hydrogens is 328 g/mol. The van der Waals surface area contributed by atoms with Crippen LogP contribution in [0.2, 0.25) is 0 Å². The zero-order valence-corrected chi connectivity index (χ0v) is 15.4. The fourth-order valence-corrected chi connectivity index (χ4v) is 3.42.